The van der Waals surface area contributed by atoms with Crippen LogP contribution >= 0.6 is 11.3 Å². The molecule has 2 amide bonds. The Morgan fingerprint density at radius 1 is 1.16 bits per heavy atom. The van der Waals surface area contributed by atoms with Gasteiger partial charge in [0.25, 0.3) is 11.8 Å². The van der Waals surface area contributed by atoms with Gasteiger partial charge in [-0.15, -0.1) is 11.3 Å². The number of hydrogen-bond donors (Lipinski definition) is 1. The van der Waals surface area contributed by atoms with Crippen LogP contribution in [0.25, 0.3) is 10.8 Å². The number of nitrogens with zero attached hydrogens (tertiary/aromatic N) is 1. The number of esters is 1. The summed E-state index contributed by atoms with van der Waals surface area (Å²) >= 11 is 0.984. The van der Waals surface area contributed by atoms with Crippen molar-refractivity contribution in [3.05, 3.63) is 62.5 Å². The average Bonchev–Trinajstić information content (AvgIpc) is 3.09. The lowest BCUT2D eigenvalue weighted by Gasteiger charge is -2.17. The zero-order chi connectivity index (χ0) is 22.7. The summed E-state index contributed by atoms with van der Waals surface area (Å²) in [6.07, 6.45) is 0. The third kappa shape index (κ3) is 4.22. The van der Waals surface area contributed by atoms with E-state index in [0.717, 1.165) is 11.3 Å². The van der Waals surface area contributed by atoms with Crippen LogP contribution in [0, 0.1) is 6.92 Å². The molecule has 0 spiro atoms. The Hall–Kier alpha value is -3.46. The number of thiophene rings is 1. The van der Waals surface area contributed by atoms with Crippen LogP contribution in [0.4, 0.5) is 5.00 Å². The summed E-state index contributed by atoms with van der Waals surface area (Å²) in [4.78, 5) is 52.2. The van der Waals surface area contributed by atoms with Gasteiger partial charge in [-0.1, -0.05) is 18.2 Å². The molecule has 0 saturated carbocycles. The molecule has 8 nitrogen and oxygen atoms in total. The Kier molecular flexibility index (Phi) is 6.55. The van der Waals surface area contributed by atoms with Crippen LogP contribution in [-0.4, -0.2) is 42.9 Å². The molecule has 0 aliphatic carbocycles. The molecule has 2 aromatic heterocycles. The third-order valence-electron chi connectivity index (χ3n) is 4.90. The number of ether oxygens (including phenoxy) is 1. The van der Waals surface area contributed by atoms with E-state index in [4.69, 9.17) is 9.15 Å². The minimum atomic E-state index is -0.712. The summed E-state index contributed by atoms with van der Waals surface area (Å²) < 4.78 is 10.0. The fourth-order valence-corrected chi connectivity index (χ4v) is 4.38. The lowest BCUT2D eigenvalue weighted by atomic mass is 10.1. The maximum absolute atomic E-state index is 12.9. The SMILES string of the molecule is CCN(CC)C(=O)c1sc(NC(=O)c2cc3ccccc3c(=O)o2)c(C(=O)OC)c1C. The smallest absolute Gasteiger partial charge is 0.344 e. The summed E-state index contributed by atoms with van der Waals surface area (Å²) in [5, 5.41) is 3.66. The standard InChI is InChI=1S/C22H22N2O6S/c1-5-24(6-2)20(26)17-12(3)16(22(28)29-4)19(31-17)23-18(25)15-11-13-9-7-8-10-14(13)21(27)30-15/h7-11H,5-6H2,1-4H3,(H,23,25). The predicted octanol–water partition coefficient (Wildman–Crippen LogP) is 3.68. The highest BCUT2D eigenvalue weighted by atomic mass is 32.1. The van der Waals surface area contributed by atoms with E-state index < -0.39 is 17.5 Å². The second kappa shape index (κ2) is 9.13. The molecule has 0 atom stereocenters. The van der Waals surface area contributed by atoms with Crippen LogP contribution in [-0.2, 0) is 4.74 Å². The number of benzene rings is 1. The fraction of sp³-hybridized carbons (Fsp3) is 0.273. The zero-order valence-electron chi connectivity index (χ0n) is 17.6. The van der Waals surface area contributed by atoms with Gasteiger partial charge in [0, 0.05) is 13.1 Å². The molecule has 3 aromatic rings. The Balaban J connectivity index is 2.03. The van der Waals surface area contributed by atoms with Gasteiger partial charge in [0.05, 0.1) is 22.9 Å². The van der Waals surface area contributed by atoms with Crippen LogP contribution in [0.15, 0.2) is 39.5 Å². The van der Waals surface area contributed by atoms with E-state index in [2.05, 4.69) is 5.32 Å². The van der Waals surface area contributed by atoms with Crippen molar-refractivity contribution in [1.82, 2.24) is 4.90 Å². The second-order valence-corrected chi connectivity index (χ2v) is 7.69. The minimum absolute atomic E-state index is 0.0968. The quantitative estimate of drug-likeness (QED) is 0.584. The van der Waals surface area contributed by atoms with Crippen molar-refractivity contribution in [1.29, 1.82) is 0 Å². The first-order chi connectivity index (χ1) is 14.8. The molecule has 0 radical (unpaired) electrons. The van der Waals surface area contributed by atoms with Gasteiger partial charge in [0.2, 0.25) is 0 Å². The third-order valence-corrected chi connectivity index (χ3v) is 6.10. The average molecular weight is 442 g/mol. The first kappa shape index (κ1) is 22.2. The maximum atomic E-state index is 12.9. The largest absolute Gasteiger partial charge is 0.465 e. The van der Waals surface area contributed by atoms with Crippen LogP contribution in [0.1, 0.15) is 50.0 Å². The van der Waals surface area contributed by atoms with Crippen molar-refractivity contribution in [3.63, 3.8) is 0 Å². The number of methoxy groups -OCH3 is 1. The molecule has 1 aromatic carbocycles. The highest BCUT2D eigenvalue weighted by Crippen LogP contribution is 2.35. The number of fused-ring (bicyclic) bond motifs is 1. The van der Waals surface area contributed by atoms with E-state index in [0.29, 0.717) is 34.3 Å². The fourth-order valence-electron chi connectivity index (χ4n) is 3.22. The Morgan fingerprint density at radius 2 is 1.84 bits per heavy atom. The van der Waals surface area contributed by atoms with Crippen LogP contribution in [0.3, 0.4) is 0 Å². The molecule has 0 bridgehead atoms. The number of carbonyl (C=O) groups excluding carboxylic acids is 3. The molecule has 0 unspecified atom stereocenters. The molecule has 1 N–H and O–H groups in total. The first-order valence-corrected chi connectivity index (χ1v) is 10.5. The molecular formula is C22H22N2O6S. The maximum Gasteiger partial charge on any atom is 0.344 e. The Labute approximate surface area is 182 Å². The van der Waals surface area contributed by atoms with E-state index in [9.17, 15) is 19.2 Å². The summed E-state index contributed by atoms with van der Waals surface area (Å²) in [7, 11) is 1.22. The molecule has 0 saturated heterocycles. The topological polar surface area (TPSA) is 106 Å². The highest BCUT2D eigenvalue weighted by molar-refractivity contribution is 7.18. The lowest BCUT2D eigenvalue weighted by Crippen LogP contribution is -2.30. The second-order valence-electron chi connectivity index (χ2n) is 6.67. The van der Waals surface area contributed by atoms with Gasteiger partial charge in [-0.3, -0.25) is 9.59 Å². The van der Waals surface area contributed by atoms with Crippen LogP contribution in [0.2, 0.25) is 0 Å². The van der Waals surface area contributed by atoms with Crippen LogP contribution < -0.4 is 10.9 Å². The number of rotatable bonds is 6. The van der Waals surface area contributed by atoms with Gasteiger partial charge in [-0.2, -0.15) is 0 Å². The molecular weight excluding hydrogens is 420 g/mol. The van der Waals surface area contributed by atoms with E-state index in [1.165, 1.54) is 13.2 Å². The molecule has 31 heavy (non-hydrogen) atoms. The molecule has 0 fully saturated rings. The van der Waals surface area contributed by atoms with Gasteiger partial charge >= 0.3 is 11.6 Å². The van der Waals surface area contributed by atoms with Crippen molar-refractivity contribution < 1.29 is 23.5 Å². The van der Waals surface area contributed by atoms with Crippen molar-refractivity contribution in [2.24, 2.45) is 0 Å². The predicted molar refractivity (Wildman–Crippen MR) is 118 cm³/mol. The summed E-state index contributed by atoms with van der Waals surface area (Å²) in [5.74, 6) is -1.84. The van der Waals surface area contributed by atoms with Crippen molar-refractivity contribution >= 4 is 44.9 Å². The van der Waals surface area contributed by atoms with E-state index in [1.54, 1.807) is 36.1 Å². The number of nitrogens with one attached hydrogen (secondary N) is 1. The Bertz CT molecular complexity index is 1220. The minimum Gasteiger partial charge on any atom is -0.465 e. The van der Waals surface area contributed by atoms with Gasteiger partial charge < -0.3 is 19.4 Å². The molecule has 0 aliphatic rings. The first-order valence-electron chi connectivity index (χ1n) is 9.67. The van der Waals surface area contributed by atoms with E-state index in [-0.39, 0.29) is 22.2 Å². The van der Waals surface area contributed by atoms with Crippen LogP contribution in [0.5, 0.6) is 0 Å². The lowest BCUT2D eigenvalue weighted by molar-refractivity contribution is 0.0601. The van der Waals surface area contributed by atoms with Gasteiger partial charge in [-0.25, -0.2) is 9.59 Å². The number of amides is 2. The molecule has 3 rings (SSSR count). The molecule has 9 heteroatoms. The van der Waals surface area contributed by atoms with Gasteiger partial charge in [0.1, 0.15) is 5.00 Å². The summed E-state index contributed by atoms with van der Waals surface area (Å²) in [6, 6.07) is 8.19. The van der Waals surface area contributed by atoms with Crippen molar-refractivity contribution in [2.45, 2.75) is 20.8 Å². The number of carbonyl (C=O) groups is 3. The van der Waals surface area contributed by atoms with E-state index >= 15 is 0 Å². The van der Waals surface area contributed by atoms with Gasteiger partial charge in [-0.05, 0) is 43.9 Å². The highest BCUT2D eigenvalue weighted by Gasteiger charge is 2.28. The monoisotopic (exact) mass is 442 g/mol. The molecule has 0 aliphatic heterocycles. The van der Waals surface area contributed by atoms with Crippen molar-refractivity contribution in [2.75, 3.05) is 25.5 Å². The Morgan fingerprint density at radius 3 is 2.48 bits per heavy atom. The molecule has 162 valence electrons. The normalized spacial score (nSPS) is 10.7. The van der Waals surface area contributed by atoms with Gasteiger partial charge in [0.15, 0.2) is 5.76 Å². The number of anilines is 1. The summed E-state index contributed by atoms with van der Waals surface area (Å²) in [6.45, 7) is 6.35. The summed E-state index contributed by atoms with van der Waals surface area (Å²) in [5.41, 5.74) is -0.125. The number of hydrogen-bond acceptors (Lipinski definition) is 7. The molecule has 2 heterocycles. The zero-order valence-corrected chi connectivity index (χ0v) is 18.4. The van der Waals surface area contributed by atoms with Crippen molar-refractivity contribution in [3.8, 4) is 0 Å². The van der Waals surface area contributed by atoms with E-state index in [1.807, 2.05) is 13.8 Å².